The number of hydrogen-bond donors (Lipinski definition) is 0. The topological polar surface area (TPSA) is 43.9 Å². The molecule has 0 aliphatic heterocycles. The maximum absolute atomic E-state index is 5.92. The predicted octanol–water partition coefficient (Wildman–Crippen LogP) is 4.92. The lowest BCUT2D eigenvalue weighted by Crippen LogP contribution is -2.00. The van der Waals surface area contributed by atoms with E-state index in [0.717, 1.165) is 45.8 Å². The summed E-state index contributed by atoms with van der Waals surface area (Å²) in [5.41, 5.74) is 3.71. The second kappa shape index (κ2) is 5.49. The summed E-state index contributed by atoms with van der Waals surface area (Å²) in [7, 11) is 0. The molecule has 1 aliphatic rings. The SMILES string of the molecule is C=Cc1[c]c(C)c(-c2nnc(C3CC3)o2)n1-c1cccc(Br)c1. The van der Waals surface area contributed by atoms with Gasteiger partial charge in [0.25, 0.3) is 5.89 Å². The van der Waals surface area contributed by atoms with E-state index < -0.39 is 0 Å². The minimum atomic E-state index is 0.439. The van der Waals surface area contributed by atoms with Crippen molar-refractivity contribution in [3.05, 3.63) is 58.5 Å². The fourth-order valence-electron chi connectivity index (χ4n) is 2.70. The van der Waals surface area contributed by atoms with Crippen molar-refractivity contribution >= 4 is 22.0 Å². The van der Waals surface area contributed by atoms with Crippen LogP contribution >= 0.6 is 15.9 Å². The van der Waals surface area contributed by atoms with Crippen molar-refractivity contribution in [3.63, 3.8) is 0 Å². The summed E-state index contributed by atoms with van der Waals surface area (Å²) in [4.78, 5) is 0. The highest BCUT2D eigenvalue weighted by Gasteiger charge is 2.30. The van der Waals surface area contributed by atoms with E-state index in [2.05, 4.69) is 43.3 Å². The van der Waals surface area contributed by atoms with Gasteiger partial charge >= 0.3 is 0 Å². The largest absolute Gasteiger partial charge is 0.419 e. The third kappa shape index (κ3) is 2.55. The van der Waals surface area contributed by atoms with Gasteiger partial charge in [-0.1, -0.05) is 28.6 Å². The van der Waals surface area contributed by atoms with Crippen LogP contribution in [-0.4, -0.2) is 14.8 Å². The van der Waals surface area contributed by atoms with Gasteiger partial charge in [-0.15, -0.1) is 10.2 Å². The summed E-state index contributed by atoms with van der Waals surface area (Å²) in [6.45, 7) is 5.90. The Kier molecular flexibility index (Phi) is 3.45. The van der Waals surface area contributed by atoms with Crippen LogP contribution in [0.4, 0.5) is 0 Å². The van der Waals surface area contributed by atoms with Gasteiger partial charge in [0.15, 0.2) is 0 Å². The maximum Gasteiger partial charge on any atom is 0.264 e. The lowest BCUT2D eigenvalue weighted by molar-refractivity contribution is 0.505. The third-order valence-corrected chi connectivity index (χ3v) is 4.46. The zero-order valence-electron chi connectivity index (χ0n) is 12.7. The number of halogens is 1. The van der Waals surface area contributed by atoms with Crippen molar-refractivity contribution in [2.75, 3.05) is 0 Å². The van der Waals surface area contributed by atoms with E-state index in [1.54, 1.807) is 6.08 Å². The second-order valence-electron chi connectivity index (χ2n) is 5.72. The van der Waals surface area contributed by atoms with Gasteiger partial charge in [-0.2, -0.15) is 0 Å². The number of hydrogen-bond acceptors (Lipinski definition) is 3. The molecule has 0 bridgehead atoms. The van der Waals surface area contributed by atoms with Crippen LogP contribution in [0, 0.1) is 13.0 Å². The molecule has 2 aromatic heterocycles. The first-order chi connectivity index (χ1) is 11.2. The number of nitrogens with zero attached hydrogens (tertiary/aromatic N) is 3. The molecule has 1 fully saturated rings. The smallest absolute Gasteiger partial charge is 0.264 e. The fourth-order valence-corrected chi connectivity index (χ4v) is 3.09. The van der Waals surface area contributed by atoms with Gasteiger partial charge in [-0.05, 0) is 49.6 Å². The van der Waals surface area contributed by atoms with Gasteiger partial charge in [-0.3, -0.25) is 0 Å². The second-order valence-corrected chi connectivity index (χ2v) is 6.64. The van der Waals surface area contributed by atoms with Crippen LogP contribution < -0.4 is 0 Å². The molecule has 4 nitrogen and oxygen atoms in total. The molecular formula is C18H15BrN3O. The summed E-state index contributed by atoms with van der Waals surface area (Å²) in [6, 6.07) is 11.4. The molecule has 1 radical (unpaired) electrons. The Morgan fingerprint density at radius 1 is 1.39 bits per heavy atom. The molecule has 0 atom stereocenters. The molecule has 5 heteroatoms. The first-order valence-electron chi connectivity index (χ1n) is 7.54. The van der Waals surface area contributed by atoms with Gasteiger partial charge in [-0.25, -0.2) is 0 Å². The van der Waals surface area contributed by atoms with E-state index in [9.17, 15) is 0 Å². The molecular weight excluding hydrogens is 354 g/mol. The normalized spacial score (nSPS) is 14.2. The van der Waals surface area contributed by atoms with Crippen molar-refractivity contribution in [1.29, 1.82) is 0 Å². The quantitative estimate of drug-likeness (QED) is 0.656. The van der Waals surface area contributed by atoms with Gasteiger partial charge in [0.1, 0.15) is 5.69 Å². The van der Waals surface area contributed by atoms with Crippen LogP contribution in [0.3, 0.4) is 0 Å². The van der Waals surface area contributed by atoms with Crippen molar-refractivity contribution in [1.82, 2.24) is 14.8 Å². The van der Waals surface area contributed by atoms with Crippen LogP contribution in [-0.2, 0) is 0 Å². The third-order valence-electron chi connectivity index (χ3n) is 3.96. The van der Waals surface area contributed by atoms with Crippen LogP contribution in [0.5, 0.6) is 0 Å². The number of rotatable bonds is 4. The lowest BCUT2D eigenvalue weighted by atomic mass is 10.2. The van der Waals surface area contributed by atoms with E-state index >= 15 is 0 Å². The fraction of sp³-hybridized carbons (Fsp3) is 0.222. The summed E-state index contributed by atoms with van der Waals surface area (Å²) < 4.78 is 8.97. The Balaban J connectivity index is 1.91. The highest BCUT2D eigenvalue weighted by Crippen LogP contribution is 2.40. The van der Waals surface area contributed by atoms with Crippen LogP contribution in [0.15, 0.2) is 39.7 Å². The highest BCUT2D eigenvalue weighted by atomic mass is 79.9. The minimum absolute atomic E-state index is 0.439. The molecule has 2 heterocycles. The molecule has 115 valence electrons. The molecule has 1 aromatic carbocycles. The summed E-state index contributed by atoms with van der Waals surface area (Å²) >= 11 is 3.52. The van der Waals surface area contributed by atoms with Crippen molar-refractivity contribution in [2.45, 2.75) is 25.7 Å². The average Bonchev–Trinajstić information content (AvgIpc) is 3.18. The van der Waals surface area contributed by atoms with Crippen molar-refractivity contribution < 1.29 is 4.42 Å². The Bertz CT molecular complexity index is 890. The van der Waals surface area contributed by atoms with E-state index in [4.69, 9.17) is 4.42 Å². The summed E-state index contributed by atoms with van der Waals surface area (Å²) in [5.74, 6) is 1.71. The molecule has 0 saturated heterocycles. The van der Waals surface area contributed by atoms with Crippen LogP contribution in [0.1, 0.15) is 35.9 Å². The number of aryl methyl sites for hydroxylation is 1. The average molecular weight is 369 g/mol. The minimum Gasteiger partial charge on any atom is -0.419 e. The van der Waals surface area contributed by atoms with Crippen molar-refractivity contribution in [2.24, 2.45) is 0 Å². The standard InChI is InChI=1S/C18H15BrN3O/c1-3-14-9-11(2)16(18-21-20-17(23-18)12-7-8-12)22(14)15-6-4-5-13(19)10-15/h3-6,10,12H,1,7-8H2,2H3. The first-order valence-corrected chi connectivity index (χ1v) is 8.33. The lowest BCUT2D eigenvalue weighted by Gasteiger charge is -2.10. The zero-order valence-corrected chi connectivity index (χ0v) is 14.3. The summed E-state index contributed by atoms with van der Waals surface area (Å²) in [6.07, 6.45) is 4.06. The Hall–Kier alpha value is -2.14. The predicted molar refractivity (Wildman–Crippen MR) is 92.4 cm³/mol. The van der Waals surface area contributed by atoms with Gasteiger partial charge in [0, 0.05) is 22.1 Å². The zero-order chi connectivity index (χ0) is 16.0. The Morgan fingerprint density at radius 2 is 2.22 bits per heavy atom. The van der Waals surface area contributed by atoms with E-state index in [1.165, 1.54) is 0 Å². The molecule has 23 heavy (non-hydrogen) atoms. The molecule has 0 unspecified atom stereocenters. The molecule has 4 rings (SSSR count). The molecule has 0 N–H and O–H groups in total. The van der Waals surface area contributed by atoms with E-state index in [-0.39, 0.29) is 0 Å². The van der Waals surface area contributed by atoms with Crippen LogP contribution in [0.2, 0.25) is 0 Å². The monoisotopic (exact) mass is 368 g/mol. The molecule has 3 aromatic rings. The summed E-state index contributed by atoms with van der Waals surface area (Å²) in [5, 5.41) is 8.47. The van der Waals surface area contributed by atoms with Gasteiger partial charge in [0.05, 0.1) is 5.69 Å². The van der Waals surface area contributed by atoms with Gasteiger partial charge in [0.2, 0.25) is 5.89 Å². The number of aromatic nitrogens is 3. The van der Waals surface area contributed by atoms with E-state index in [0.29, 0.717) is 11.8 Å². The molecule has 1 saturated carbocycles. The maximum atomic E-state index is 5.92. The van der Waals surface area contributed by atoms with E-state index in [1.807, 2.05) is 31.2 Å². The number of benzene rings is 1. The highest BCUT2D eigenvalue weighted by molar-refractivity contribution is 9.10. The first kappa shape index (κ1) is 14.5. The Labute approximate surface area is 143 Å². The molecule has 1 aliphatic carbocycles. The van der Waals surface area contributed by atoms with Crippen LogP contribution in [0.25, 0.3) is 23.3 Å². The van der Waals surface area contributed by atoms with Crippen molar-refractivity contribution in [3.8, 4) is 17.3 Å². The molecule has 0 spiro atoms. The van der Waals surface area contributed by atoms with Gasteiger partial charge < -0.3 is 8.98 Å². The Morgan fingerprint density at radius 3 is 2.91 bits per heavy atom. The molecule has 0 amide bonds.